The first kappa shape index (κ1) is 16.0. The van der Waals surface area contributed by atoms with Gasteiger partial charge in [-0.2, -0.15) is 0 Å². The smallest absolute Gasteiger partial charge is 0.174 e. The molecule has 0 aliphatic heterocycles. The number of para-hydroxylation sites is 1. The molecule has 0 amide bonds. The number of halogens is 1. The quantitative estimate of drug-likeness (QED) is 0.875. The van der Waals surface area contributed by atoms with E-state index in [9.17, 15) is 0 Å². The van der Waals surface area contributed by atoms with Crippen LogP contribution in [-0.4, -0.2) is 10.7 Å². The first-order chi connectivity index (χ1) is 9.85. The van der Waals surface area contributed by atoms with Crippen LogP contribution in [0.5, 0.6) is 5.75 Å². The minimum atomic E-state index is 0.0572. The monoisotopic (exact) mass is 352 g/mol. The fourth-order valence-electron chi connectivity index (χ4n) is 1.84. The average Bonchev–Trinajstić information content (AvgIpc) is 2.80. The van der Waals surface area contributed by atoms with Crippen molar-refractivity contribution >= 4 is 15.9 Å². The molecule has 114 valence electrons. The van der Waals surface area contributed by atoms with Gasteiger partial charge in [0.2, 0.25) is 0 Å². The summed E-state index contributed by atoms with van der Waals surface area (Å²) in [7, 11) is 0. The molecule has 0 saturated carbocycles. The molecule has 0 saturated heterocycles. The standard InChI is InChI=1S/C16H21BrN2O2/c1-11-8-13(21-19-11)10-20-15-12(6-5-7-14(15)17)9-18-16(2,3)4/h5-8,18H,9-10H2,1-4H3. The van der Waals surface area contributed by atoms with E-state index >= 15 is 0 Å². The highest BCUT2D eigenvalue weighted by Crippen LogP contribution is 2.30. The second kappa shape index (κ2) is 6.62. The molecule has 0 aliphatic carbocycles. The lowest BCUT2D eigenvalue weighted by atomic mass is 10.1. The Bertz CT molecular complexity index is 603. The van der Waals surface area contributed by atoms with Crippen LogP contribution in [0.25, 0.3) is 0 Å². The van der Waals surface area contributed by atoms with Crippen LogP contribution in [0.2, 0.25) is 0 Å². The zero-order valence-corrected chi connectivity index (χ0v) is 14.5. The molecule has 0 radical (unpaired) electrons. The molecule has 21 heavy (non-hydrogen) atoms. The van der Waals surface area contributed by atoms with E-state index in [1.165, 1.54) is 0 Å². The van der Waals surface area contributed by atoms with E-state index in [2.05, 4.69) is 53.2 Å². The van der Waals surface area contributed by atoms with Crippen LogP contribution in [0.15, 0.2) is 33.3 Å². The Labute approximate surface area is 134 Å². The van der Waals surface area contributed by atoms with Crippen molar-refractivity contribution in [3.63, 3.8) is 0 Å². The average molecular weight is 353 g/mol. The van der Waals surface area contributed by atoms with Gasteiger partial charge in [0.1, 0.15) is 12.4 Å². The summed E-state index contributed by atoms with van der Waals surface area (Å²) in [5.41, 5.74) is 2.02. The van der Waals surface area contributed by atoms with Crippen molar-refractivity contribution in [1.29, 1.82) is 0 Å². The van der Waals surface area contributed by atoms with Crippen molar-refractivity contribution in [3.05, 3.63) is 45.8 Å². The predicted molar refractivity (Wildman–Crippen MR) is 86.3 cm³/mol. The van der Waals surface area contributed by atoms with Gasteiger partial charge in [-0.05, 0) is 49.7 Å². The van der Waals surface area contributed by atoms with Crippen molar-refractivity contribution < 1.29 is 9.26 Å². The molecule has 1 N–H and O–H groups in total. The van der Waals surface area contributed by atoms with Crippen LogP contribution >= 0.6 is 15.9 Å². The molecule has 5 heteroatoms. The fraction of sp³-hybridized carbons (Fsp3) is 0.438. The maximum Gasteiger partial charge on any atom is 0.174 e. The number of hydrogen-bond donors (Lipinski definition) is 1. The van der Waals surface area contributed by atoms with Crippen LogP contribution in [0.4, 0.5) is 0 Å². The largest absolute Gasteiger partial charge is 0.484 e. The summed E-state index contributed by atoms with van der Waals surface area (Å²) in [6.07, 6.45) is 0. The minimum absolute atomic E-state index is 0.0572. The van der Waals surface area contributed by atoms with Gasteiger partial charge in [-0.25, -0.2) is 0 Å². The summed E-state index contributed by atoms with van der Waals surface area (Å²) in [4.78, 5) is 0. The Hall–Kier alpha value is -1.33. The number of aromatic nitrogens is 1. The molecular weight excluding hydrogens is 332 g/mol. The summed E-state index contributed by atoms with van der Waals surface area (Å²) in [6.45, 7) is 9.43. The molecule has 0 spiro atoms. The fourth-order valence-corrected chi connectivity index (χ4v) is 2.36. The van der Waals surface area contributed by atoms with E-state index in [0.717, 1.165) is 33.8 Å². The van der Waals surface area contributed by atoms with Gasteiger partial charge in [-0.3, -0.25) is 0 Å². The third-order valence-electron chi connectivity index (χ3n) is 2.89. The lowest BCUT2D eigenvalue weighted by molar-refractivity contribution is 0.244. The van der Waals surface area contributed by atoms with Gasteiger partial charge in [0.05, 0.1) is 10.2 Å². The summed E-state index contributed by atoms with van der Waals surface area (Å²) in [5, 5.41) is 7.33. The second-order valence-corrected chi connectivity index (χ2v) is 6.91. The molecular formula is C16H21BrN2O2. The number of nitrogens with one attached hydrogen (secondary N) is 1. The number of rotatable bonds is 5. The summed E-state index contributed by atoms with van der Waals surface area (Å²) < 4.78 is 12.0. The van der Waals surface area contributed by atoms with E-state index in [1.54, 1.807) is 0 Å². The van der Waals surface area contributed by atoms with E-state index in [0.29, 0.717) is 6.61 Å². The van der Waals surface area contributed by atoms with Gasteiger partial charge in [-0.15, -0.1) is 0 Å². The zero-order chi connectivity index (χ0) is 15.5. The molecule has 1 heterocycles. The molecule has 0 unspecified atom stereocenters. The molecule has 0 bridgehead atoms. The zero-order valence-electron chi connectivity index (χ0n) is 12.9. The third-order valence-corrected chi connectivity index (χ3v) is 3.52. The van der Waals surface area contributed by atoms with E-state index < -0.39 is 0 Å². The number of hydrogen-bond acceptors (Lipinski definition) is 4. The number of ether oxygens (including phenoxy) is 1. The van der Waals surface area contributed by atoms with Crippen LogP contribution in [-0.2, 0) is 13.2 Å². The van der Waals surface area contributed by atoms with Gasteiger partial charge >= 0.3 is 0 Å². The molecule has 4 nitrogen and oxygen atoms in total. The van der Waals surface area contributed by atoms with Crippen LogP contribution < -0.4 is 10.1 Å². The first-order valence-corrected chi connectivity index (χ1v) is 7.72. The van der Waals surface area contributed by atoms with Crippen molar-refractivity contribution in [1.82, 2.24) is 10.5 Å². The Balaban J connectivity index is 2.10. The molecule has 1 aromatic carbocycles. The first-order valence-electron chi connectivity index (χ1n) is 6.92. The number of nitrogens with zero attached hydrogens (tertiary/aromatic N) is 1. The lowest BCUT2D eigenvalue weighted by Gasteiger charge is -2.22. The van der Waals surface area contributed by atoms with Crippen LogP contribution in [0.1, 0.15) is 37.8 Å². The van der Waals surface area contributed by atoms with Crippen molar-refractivity contribution in [2.75, 3.05) is 0 Å². The third kappa shape index (κ3) is 4.86. The normalized spacial score (nSPS) is 11.7. The molecule has 2 rings (SSSR count). The Morgan fingerprint density at radius 2 is 2.10 bits per heavy atom. The predicted octanol–water partition coefficient (Wildman–Crippen LogP) is 4.21. The molecule has 2 aromatic rings. The number of benzene rings is 1. The van der Waals surface area contributed by atoms with Gasteiger partial charge in [-0.1, -0.05) is 17.3 Å². The maximum absolute atomic E-state index is 5.91. The van der Waals surface area contributed by atoms with Crippen LogP contribution in [0, 0.1) is 6.92 Å². The topological polar surface area (TPSA) is 47.3 Å². The maximum atomic E-state index is 5.91. The Morgan fingerprint density at radius 3 is 2.71 bits per heavy atom. The Kier molecular flexibility index (Phi) is 5.06. The van der Waals surface area contributed by atoms with Gasteiger partial charge < -0.3 is 14.6 Å². The summed E-state index contributed by atoms with van der Waals surface area (Å²) in [5.74, 6) is 1.56. The molecule has 0 fully saturated rings. The van der Waals surface area contributed by atoms with Gasteiger partial charge in [0, 0.05) is 23.7 Å². The van der Waals surface area contributed by atoms with Gasteiger partial charge in [0.25, 0.3) is 0 Å². The highest BCUT2D eigenvalue weighted by molar-refractivity contribution is 9.10. The minimum Gasteiger partial charge on any atom is -0.484 e. The number of aryl methyl sites for hydroxylation is 1. The van der Waals surface area contributed by atoms with Crippen molar-refractivity contribution in [3.8, 4) is 5.75 Å². The Morgan fingerprint density at radius 1 is 1.33 bits per heavy atom. The van der Waals surface area contributed by atoms with E-state index in [4.69, 9.17) is 9.26 Å². The lowest BCUT2D eigenvalue weighted by Crippen LogP contribution is -2.35. The van der Waals surface area contributed by atoms with E-state index in [-0.39, 0.29) is 5.54 Å². The second-order valence-electron chi connectivity index (χ2n) is 6.05. The molecule has 0 aliphatic rings. The van der Waals surface area contributed by atoms with Crippen LogP contribution in [0.3, 0.4) is 0 Å². The highest BCUT2D eigenvalue weighted by atomic mass is 79.9. The molecule has 1 aromatic heterocycles. The van der Waals surface area contributed by atoms with Gasteiger partial charge in [0.15, 0.2) is 5.76 Å². The van der Waals surface area contributed by atoms with Crippen molar-refractivity contribution in [2.24, 2.45) is 0 Å². The summed E-state index contributed by atoms with van der Waals surface area (Å²) >= 11 is 3.55. The highest BCUT2D eigenvalue weighted by Gasteiger charge is 2.13. The van der Waals surface area contributed by atoms with E-state index in [1.807, 2.05) is 25.1 Å². The summed E-state index contributed by atoms with van der Waals surface area (Å²) in [6, 6.07) is 7.92. The SMILES string of the molecule is Cc1cc(COc2c(Br)cccc2CNC(C)(C)C)on1. The van der Waals surface area contributed by atoms with Crippen molar-refractivity contribution in [2.45, 2.75) is 46.4 Å². The molecule has 0 atom stereocenters.